The van der Waals surface area contributed by atoms with E-state index in [2.05, 4.69) is 10.3 Å². The number of carbonyl (C=O) groups is 1. The number of rotatable bonds is 4. The first kappa shape index (κ1) is 15.7. The van der Waals surface area contributed by atoms with Gasteiger partial charge in [-0.3, -0.25) is 4.68 Å². The molecule has 24 heavy (non-hydrogen) atoms. The normalized spacial score (nSPS) is 11.3. The number of aromatic nitrogens is 3. The first-order chi connectivity index (χ1) is 11.5. The number of carboxylic acids is 1. The van der Waals surface area contributed by atoms with Crippen LogP contribution in [0.4, 0.5) is 4.39 Å². The van der Waals surface area contributed by atoms with Crippen molar-refractivity contribution in [1.29, 1.82) is 0 Å². The lowest BCUT2D eigenvalue weighted by molar-refractivity contribution is 0.0685. The molecule has 1 N–H and O–H groups in total. The first-order valence-electron chi connectivity index (χ1n) is 7.13. The van der Waals surface area contributed by atoms with Crippen molar-refractivity contribution in [2.75, 3.05) is 0 Å². The third-order valence-corrected chi connectivity index (χ3v) is 3.56. The average molecular weight is 327 g/mol. The molecule has 7 heteroatoms. The Morgan fingerprint density at radius 3 is 2.62 bits per heavy atom. The van der Waals surface area contributed by atoms with Gasteiger partial charge in [-0.05, 0) is 49.4 Å². The molecular formula is C17H14FN3O3. The van der Waals surface area contributed by atoms with Gasteiger partial charge in [-0.25, -0.2) is 9.18 Å². The van der Waals surface area contributed by atoms with Crippen LogP contribution >= 0.6 is 0 Å². The zero-order chi connectivity index (χ0) is 17.3. The molecule has 0 unspecified atom stereocenters. The third kappa shape index (κ3) is 2.96. The maximum atomic E-state index is 13.1. The van der Waals surface area contributed by atoms with Crippen LogP contribution in [0.5, 0.6) is 0 Å². The highest BCUT2D eigenvalue weighted by Crippen LogP contribution is 2.27. The zero-order valence-electron chi connectivity index (χ0n) is 13.0. The minimum atomic E-state index is -1.04. The molecule has 3 aromatic rings. The van der Waals surface area contributed by atoms with Crippen molar-refractivity contribution in [3.8, 4) is 11.3 Å². The summed E-state index contributed by atoms with van der Waals surface area (Å²) in [6.45, 7) is 1.76. The Hall–Kier alpha value is -3.22. The predicted octanol–water partition coefficient (Wildman–Crippen LogP) is 3.39. The van der Waals surface area contributed by atoms with Crippen LogP contribution in [-0.2, 0) is 7.05 Å². The molecule has 2 aromatic heterocycles. The van der Waals surface area contributed by atoms with Crippen molar-refractivity contribution in [2.45, 2.75) is 6.92 Å². The largest absolute Gasteiger partial charge is 0.477 e. The highest BCUT2D eigenvalue weighted by atomic mass is 19.1. The molecule has 0 aliphatic heterocycles. The molecule has 0 atom stereocenters. The van der Waals surface area contributed by atoms with E-state index >= 15 is 0 Å². The van der Waals surface area contributed by atoms with Crippen LogP contribution in [0.2, 0.25) is 0 Å². The predicted molar refractivity (Wildman–Crippen MR) is 85.7 cm³/mol. The van der Waals surface area contributed by atoms with Gasteiger partial charge in [0.05, 0.1) is 5.69 Å². The number of nitrogens with zero attached hydrogens (tertiary/aromatic N) is 3. The number of carboxylic acid groups (broad SMARTS) is 1. The topological polar surface area (TPSA) is 81.1 Å². The van der Waals surface area contributed by atoms with E-state index in [4.69, 9.17) is 9.63 Å². The summed E-state index contributed by atoms with van der Waals surface area (Å²) in [5, 5.41) is 17.2. The van der Waals surface area contributed by atoms with E-state index in [1.807, 2.05) is 0 Å². The Morgan fingerprint density at radius 1 is 1.29 bits per heavy atom. The molecule has 0 saturated carbocycles. The van der Waals surface area contributed by atoms with E-state index in [1.54, 1.807) is 38.3 Å². The Kier molecular flexibility index (Phi) is 3.99. The Balaban J connectivity index is 1.96. The molecule has 2 heterocycles. The molecule has 122 valence electrons. The van der Waals surface area contributed by atoms with Crippen LogP contribution in [-0.4, -0.2) is 26.0 Å². The fourth-order valence-electron chi connectivity index (χ4n) is 2.33. The number of hydrogen-bond acceptors (Lipinski definition) is 4. The van der Waals surface area contributed by atoms with Crippen molar-refractivity contribution in [3.63, 3.8) is 0 Å². The quantitative estimate of drug-likeness (QED) is 0.794. The lowest BCUT2D eigenvalue weighted by Gasteiger charge is -1.98. The number of hydrogen-bond donors (Lipinski definition) is 1. The van der Waals surface area contributed by atoms with E-state index in [1.165, 1.54) is 22.9 Å². The molecule has 0 fully saturated rings. The average Bonchev–Trinajstić information content (AvgIpc) is 3.09. The summed E-state index contributed by atoms with van der Waals surface area (Å²) >= 11 is 0. The Labute approximate surface area is 136 Å². The molecule has 0 spiro atoms. The maximum absolute atomic E-state index is 13.1. The Bertz CT molecular complexity index is 923. The van der Waals surface area contributed by atoms with E-state index in [0.29, 0.717) is 17.1 Å². The molecule has 0 saturated heterocycles. The molecule has 0 aliphatic carbocycles. The lowest BCUT2D eigenvalue weighted by Crippen LogP contribution is -2.04. The Morgan fingerprint density at radius 2 is 2.00 bits per heavy atom. The fourth-order valence-corrected chi connectivity index (χ4v) is 2.33. The van der Waals surface area contributed by atoms with Gasteiger partial charge in [-0.15, -0.1) is 0 Å². The standard InChI is InChI=1S/C17H14FN3O3/c1-10-14(8-7-13-9-15(17(22)23)21(2)19-13)16(20-24-10)11-3-5-12(18)6-4-11/h3-9H,1-2H3,(H,22,23). The van der Waals surface area contributed by atoms with Gasteiger partial charge in [0.2, 0.25) is 0 Å². The van der Waals surface area contributed by atoms with Gasteiger partial charge in [0.25, 0.3) is 0 Å². The van der Waals surface area contributed by atoms with Crippen LogP contribution in [0.3, 0.4) is 0 Å². The third-order valence-electron chi connectivity index (χ3n) is 3.56. The van der Waals surface area contributed by atoms with Gasteiger partial charge in [-0.1, -0.05) is 5.16 Å². The molecule has 3 rings (SSSR count). The first-order valence-corrected chi connectivity index (χ1v) is 7.13. The number of halogens is 1. The SMILES string of the molecule is Cc1onc(-c2ccc(F)cc2)c1C=Cc1cc(C(=O)O)n(C)n1. The smallest absolute Gasteiger partial charge is 0.354 e. The highest BCUT2D eigenvalue weighted by Gasteiger charge is 2.14. The van der Waals surface area contributed by atoms with Gasteiger partial charge >= 0.3 is 5.97 Å². The highest BCUT2D eigenvalue weighted by molar-refractivity contribution is 5.87. The van der Waals surface area contributed by atoms with Crippen LogP contribution in [0.25, 0.3) is 23.4 Å². The van der Waals surface area contributed by atoms with E-state index in [0.717, 1.165) is 11.1 Å². The fraction of sp³-hybridized carbons (Fsp3) is 0.118. The minimum Gasteiger partial charge on any atom is -0.477 e. The van der Waals surface area contributed by atoms with Crippen molar-refractivity contribution < 1.29 is 18.8 Å². The van der Waals surface area contributed by atoms with Crippen molar-refractivity contribution in [1.82, 2.24) is 14.9 Å². The number of aromatic carboxylic acids is 1. The summed E-state index contributed by atoms with van der Waals surface area (Å²) in [7, 11) is 1.56. The van der Waals surface area contributed by atoms with E-state index in [9.17, 15) is 9.18 Å². The summed E-state index contributed by atoms with van der Waals surface area (Å²) < 4.78 is 19.6. The second kappa shape index (κ2) is 6.11. The van der Waals surface area contributed by atoms with E-state index in [-0.39, 0.29) is 11.5 Å². The molecule has 0 amide bonds. The number of aryl methyl sites for hydroxylation is 2. The summed E-state index contributed by atoms with van der Waals surface area (Å²) in [5.74, 6) is -0.775. The van der Waals surface area contributed by atoms with Crippen LogP contribution in [0.15, 0.2) is 34.9 Å². The molecular weight excluding hydrogens is 313 g/mol. The van der Waals surface area contributed by atoms with Gasteiger partial charge in [-0.2, -0.15) is 5.10 Å². The zero-order valence-corrected chi connectivity index (χ0v) is 13.0. The van der Waals surface area contributed by atoms with Crippen LogP contribution in [0, 0.1) is 12.7 Å². The minimum absolute atomic E-state index is 0.0930. The van der Waals surface area contributed by atoms with Crippen LogP contribution in [0.1, 0.15) is 27.5 Å². The molecule has 0 aliphatic rings. The summed E-state index contributed by atoms with van der Waals surface area (Å²) in [5.41, 5.74) is 2.62. The summed E-state index contributed by atoms with van der Waals surface area (Å²) in [6, 6.07) is 7.41. The monoisotopic (exact) mass is 327 g/mol. The molecule has 0 bridgehead atoms. The van der Waals surface area contributed by atoms with Crippen molar-refractivity contribution in [2.24, 2.45) is 7.05 Å². The van der Waals surface area contributed by atoms with Gasteiger partial charge in [0, 0.05) is 18.2 Å². The molecule has 6 nitrogen and oxygen atoms in total. The summed E-state index contributed by atoms with van der Waals surface area (Å²) in [6.07, 6.45) is 3.43. The lowest BCUT2D eigenvalue weighted by atomic mass is 10.1. The van der Waals surface area contributed by atoms with Crippen molar-refractivity contribution >= 4 is 18.1 Å². The van der Waals surface area contributed by atoms with Gasteiger partial charge in [0.15, 0.2) is 0 Å². The van der Waals surface area contributed by atoms with E-state index < -0.39 is 5.97 Å². The van der Waals surface area contributed by atoms with Crippen molar-refractivity contribution in [3.05, 3.63) is 58.9 Å². The molecule has 0 radical (unpaired) electrons. The maximum Gasteiger partial charge on any atom is 0.354 e. The molecule has 1 aromatic carbocycles. The second-order valence-corrected chi connectivity index (χ2v) is 5.22. The second-order valence-electron chi connectivity index (χ2n) is 5.22. The van der Waals surface area contributed by atoms with Gasteiger partial charge in [0.1, 0.15) is 23.0 Å². The van der Waals surface area contributed by atoms with Gasteiger partial charge < -0.3 is 9.63 Å². The van der Waals surface area contributed by atoms with Crippen LogP contribution < -0.4 is 0 Å². The summed E-state index contributed by atoms with van der Waals surface area (Å²) in [4.78, 5) is 11.0. The number of benzene rings is 1.